The average molecular weight is 516 g/mol. The number of morpholine rings is 1. The summed E-state index contributed by atoms with van der Waals surface area (Å²) in [6, 6.07) is 4.48. The number of benzene rings is 1. The second-order valence-corrected chi connectivity index (χ2v) is 10.5. The zero-order chi connectivity index (χ0) is 24.5. The van der Waals surface area contributed by atoms with Gasteiger partial charge in [0.1, 0.15) is 22.8 Å². The Kier molecular flexibility index (Phi) is 7.02. The van der Waals surface area contributed by atoms with Gasteiger partial charge in [0.05, 0.1) is 29.2 Å². The van der Waals surface area contributed by atoms with E-state index in [2.05, 4.69) is 34.0 Å². The maximum atomic E-state index is 13.5. The summed E-state index contributed by atoms with van der Waals surface area (Å²) in [4.78, 5) is 27.9. The number of carbonyl (C=O) groups excluding carboxylic acids is 1. The van der Waals surface area contributed by atoms with Crippen molar-refractivity contribution in [2.24, 2.45) is 0 Å². The Bertz CT molecular complexity index is 1270. The minimum Gasteiger partial charge on any atom is -0.373 e. The first kappa shape index (κ1) is 24.1. The van der Waals surface area contributed by atoms with Gasteiger partial charge in [-0.2, -0.15) is 0 Å². The third-order valence-electron chi connectivity index (χ3n) is 6.25. The largest absolute Gasteiger partial charge is 0.373 e. The molecule has 0 aliphatic carbocycles. The van der Waals surface area contributed by atoms with Crippen molar-refractivity contribution in [3.8, 4) is 0 Å². The highest BCUT2D eigenvalue weighted by Crippen LogP contribution is 2.38. The Balaban J connectivity index is 1.28. The lowest BCUT2D eigenvalue weighted by atomic mass is 10.0. The van der Waals surface area contributed by atoms with Gasteiger partial charge >= 0.3 is 0 Å². The van der Waals surface area contributed by atoms with Crippen LogP contribution in [0.5, 0.6) is 0 Å². The molecule has 2 atom stereocenters. The molecule has 1 fully saturated rings. The van der Waals surface area contributed by atoms with Crippen LogP contribution in [-0.2, 0) is 22.5 Å². The first-order valence-electron chi connectivity index (χ1n) is 11.7. The standard InChI is InChI=1S/C25H27ClFN5O2S/c1-15-11-31(12-16(2)34-15)8-3-4-22(33)32-9-7-18-21(13-32)35-25-23(18)24(28-14-29-25)30-17-5-6-20(27)19(26)10-17/h3-6,10,14-16H,7-9,11-13H2,1-2H3,(H,28,29,30). The summed E-state index contributed by atoms with van der Waals surface area (Å²) in [5, 5.41) is 4.25. The molecular formula is C25H27ClFN5O2S. The van der Waals surface area contributed by atoms with Gasteiger partial charge in [0, 0.05) is 42.8 Å². The summed E-state index contributed by atoms with van der Waals surface area (Å²) < 4.78 is 19.3. The van der Waals surface area contributed by atoms with Gasteiger partial charge in [-0.05, 0) is 44.0 Å². The average Bonchev–Trinajstić information content (AvgIpc) is 3.19. The van der Waals surface area contributed by atoms with Crippen molar-refractivity contribution in [2.45, 2.75) is 39.0 Å². The number of rotatable bonds is 5. The highest BCUT2D eigenvalue weighted by Gasteiger charge is 2.26. The second-order valence-electron chi connectivity index (χ2n) is 9.05. The Morgan fingerprint density at radius 2 is 2.11 bits per heavy atom. The fraction of sp³-hybridized carbons (Fsp3) is 0.400. The number of thiophene rings is 1. The number of fused-ring (bicyclic) bond motifs is 3. The molecule has 35 heavy (non-hydrogen) atoms. The summed E-state index contributed by atoms with van der Waals surface area (Å²) in [5.41, 5.74) is 1.81. The molecule has 10 heteroatoms. The third-order valence-corrected chi connectivity index (χ3v) is 7.66. The topological polar surface area (TPSA) is 70.6 Å². The predicted molar refractivity (Wildman–Crippen MR) is 137 cm³/mol. The molecule has 3 aromatic rings. The van der Waals surface area contributed by atoms with Crippen LogP contribution < -0.4 is 5.32 Å². The lowest BCUT2D eigenvalue weighted by Gasteiger charge is -2.34. The summed E-state index contributed by atoms with van der Waals surface area (Å²) in [7, 11) is 0. The number of anilines is 2. The zero-order valence-corrected chi connectivity index (χ0v) is 21.2. The lowest BCUT2D eigenvalue weighted by molar-refractivity contribution is -0.126. The van der Waals surface area contributed by atoms with Gasteiger partial charge in [-0.15, -0.1) is 11.3 Å². The number of amides is 1. The SMILES string of the molecule is CC1CN(CC=CC(=O)N2CCc3c(sc4ncnc(Nc5ccc(F)c(Cl)c5)c34)C2)CC(C)O1. The normalized spacial score (nSPS) is 21.0. The van der Waals surface area contributed by atoms with E-state index in [0.717, 1.165) is 46.7 Å². The Hall–Kier alpha value is -2.59. The summed E-state index contributed by atoms with van der Waals surface area (Å²) in [6.45, 7) is 7.82. The van der Waals surface area contributed by atoms with E-state index in [1.807, 2.05) is 11.0 Å². The molecule has 1 amide bonds. The minimum absolute atomic E-state index is 0.0212. The third kappa shape index (κ3) is 5.33. The molecule has 2 aromatic heterocycles. The Morgan fingerprint density at radius 1 is 1.31 bits per heavy atom. The Labute approximate surface area is 212 Å². The molecule has 0 radical (unpaired) electrons. The number of hydrogen-bond donors (Lipinski definition) is 1. The quantitative estimate of drug-likeness (QED) is 0.493. The number of aromatic nitrogens is 2. The molecule has 1 saturated heterocycles. The van der Waals surface area contributed by atoms with Crippen molar-refractivity contribution in [3.63, 3.8) is 0 Å². The van der Waals surface area contributed by atoms with E-state index >= 15 is 0 Å². The molecule has 2 aliphatic heterocycles. The minimum atomic E-state index is -0.467. The van der Waals surface area contributed by atoms with Gasteiger partial charge in [-0.25, -0.2) is 14.4 Å². The first-order chi connectivity index (χ1) is 16.9. The molecule has 2 unspecified atom stereocenters. The van der Waals surface area contributed by atoms with Gasteiger partial charge in [-0.3, -0.25) is 9.69 Å². The van der Waals surface area contributed by atoms with Gasteiger partial charge < -0.3 is 15.0 Å². The summed E-state index contributed by atoms with van der Waals surface area (Å²) >= 11 is 7.52. The van der Waals surface area contributed by atoms with E-state index in [9.17, 15) is 9.18 Å². The van der Waals surface area contributed by atoms with Crippen LogP contribution in [0.2, 0.25) is 5.02 Å². The van der Waals surface area contributed by atoms with Crippen molar-refractivity contribution >= 4 is 50.6 Å². The van der Waals surface area contributed by atoms with E-state index in [4.69, 9.17) is 16.3 Å². The number of nitrogens with one attached hydrogen (secondary N) is 1. The molecule has 7 nitrogen and oxygen atoms in total. The number of hydrogen-bond acceptors (Lipinski definition) is 7. The van der Waals surface area contributed by atoms with Crippen molar-refractivity contribution in [3.05, 3.63) is 58.0 Å². The van der Waals surface area contributed by atoms with Crippen molar-refractivity contribution < 1.29 is 13.9 Å². The fourth-order valence-corrected chi connectivity index (χ4v) is 6.15. The van der Waals surface area contributed by atoms with Crippen LogP contribution in [-0.4, -0.2) is 64.1 Å². The monoisotopic (exact) mass is 515 g/mol. The molecule has 0 bridgehead atoms. The number of carbonyl (C=O) groups is 1. The Morgan fingerprint density at radius 3 is 2.89 bits per heavy atom. The molecule has 5 rings (SSSR count). The van der Waals surface area contributed by atoms with Crippen LogP contribution >= 0.6 is 22.9 Å². The molecule has 1 aromatic carbocycles. The van der Waals surface area contributed by atoms with Crippen LogP contribution in [0.15, 0.2) is 36.7 Å². The number of ether oxygens (including phenoxy) is 1. The van der Waals surface area contributed by atoms with E-state index < -0.39 is 5.82 Å². The van der Waals surface area contributed by atoms with Gasteiger partial charge in [0.15, 0.2) is 0 Å². The van der Waals surface area contributed by atoms with E-state index in [0.29, 0.717) is 24.6 Å². The molecule has 1 N–H and O–H groups in total. The van der Waals surface area contributed by atoms with Crippen molar-refractivity contribution in [1.82, 2.24) is 19.8 Å². The lowest BCUT2D eigenvalue weighted by Crippen LogP contribution is -2.45. The van der Waals surface area contributed by atoms with Crippen LogP contribution in [0.25, 0.3) is 10.2 Å². The molecular weight excluding hydrogens is 489 g/mol. The van der Waals surface area contributed by atoms with Crippen LogP contribution in [0.1, 0.15) is 24.3 Å². The highest BCUT2D eigenvalue weighted by molar-refractivity contribution is 7.19. The number of nitrogens with zero attached hydrogens (tertiary/aromatic N) is 4. The fourth-order valence-electron chi connectivity index (χ4n) is 4.76. The molecule has 4 heterocycles. The molecule has 0 spiro atoms. The maximum absolute atomic E-state index is 13.5. The zero-order valence-electron chi connectivity index (χ0n) is 19.6. The molecule has 184 valence electrons. The van der Waals surface area contributed by atoms with Gasteiger partial charge in [0.2, 0.25) is 5.91 Å². The summed E-state index contributed by atoms with van der Waals surface area (Å²) in [5.74, 6) is 0.211. The highest BCUT2D eigenvalue weighted by atomic mass is 35.5. The predicted octanol–water partition coefficient (Wildman–Crippen LogP) is 4.78. The smallest absolute Gasteiger partial charge is 0.246 e. The van der Waals surface area contributed by atoms with Crippen LogP contribution in [0.4, 0.5) is 15.9 Å². The molecule has 2 aliphatic rings. The second kappa shape index (κ2) is 10.2. The van der Waals surface area contributed by atoms with Crippen molar-refractivity contribution in [2.75, 3.05) is 31.5 Å². The maximum Gasteiger partial charge on any atom is 0.246 e. The first-order valence-corrected chi connectivity index (χ1v) is 12.9. The van der Waals surface area contributed by atoms with E-state index in [1.54, 1.807) is 23.5 Å². The van der Waals surface area contributed by atoms with Gasteiger partial charge in [-0.1, -0.05) is 17.7 Å². The van der Waals surface area contributed by atoms with Crippen LogP contribution in [0.3, 0.4) is 0 Å². The van der Waals surface area contributed by atoms with E-state index in [-0.39, 0.29) is 23.1 Å². The van der Waals surface area contributed by atoms with Crippen LogP contribution in [0, 0.1) is 5.82 Å². The van der Waals surface area contributed by atoms with E-state index in [1.165, 1.54) is 18.5 Å². The number of halogens is 2. The van der Waals surface area contributed by atoms with Crippen molar-refractivity contribution in [1.29, 1.82) is 0 Å². The van der Waals surface area contributed by atoms with Gasteiger partial charge in [0.25, 0.3) is 0 Å². The summed E-state index contributed by atoms with van der Waals surface area (Å²) in [6.07, 6.45) is 6.29. The molecule has 0 saturated carbocycles.